The van der Waals surface area contributed by atoms with Crippen LogP contribution in [0.4, 0.5) is 5.69 Å². The first kappa shape index (κ1) is 30.0. The lowest BCUT2D eigenvalue weighted by Crippen LogP contribution is -2.47. The highest BCUT2D eigenvalue weighted by molar-refractivity contribution is 6.80. The maximum atomic E-state index is 13.3. The van der Waals surface area contributed by atoms with E-state index in [2.05, 4.69) is 55.3 Å². The van der Waals surface area contributed by atoms with Crippen molar-refractivity contribution in [3.05, 3.63) is 130 Å². The van der Waals surface area contributed by atoms with Gasteiger partial charge in [0.25, 0.3) is 14.9 Å². The second-order valence-corrected chi connectivity index (χ2v) is 13.9. The normalized spacial score (nSPS) is 12.5. The molecule has 1 atom stereocenters. The molecule has 5 rings (SSSR count). The summed E-state index contributed by atoms with van der Waals surface area (Å²) >= 11 is 12.6. The Morgan fingerprint density at radius 1 is 0.881 bits per heavy atom. The monoisotopic (exact) mass is 613 g/mol. The zero-order chi connectivity index (χ0) is 29.9. The van der Waals surface area contributed by atoms with Gasteiger partial charge in [-0.1, -0.05) is 123 Å². The summed E-state index contributed by atoms with van der Waals surface area (Å²) in [6.07, 6.45) is 1.25. The van der Waals surface area contributed by atoms with Crippen molar-refractivity contribution in [1.29, 1.82) is 0 Å². The molecule has 42 heavy (non-hydrogen) atoms. The van der Waals surface area contributed by atoms with Gasteiger partial charge in [0.15, 0.2) is 0 Å². The lowest BCUT2D eigenvalue weighted by molar-refractivity contribution is 0.0887. The molecule has 5 aromatic rings. The molecule has 0 spiro atoms. The number of aliphatic hydroxyl groups excluding tert-OH is 1. The summed E-state index contributed by atoms with van der Waals surface area (Å²) in [7, 11) is -1.70. The molecule has 0 bridgehead atoms. The van der Waals surface area contributed by atoms with Gasteiger partial charge < -0.3 is 14.8 Å². The van der Waals surface area contributed by atoms with E-state index in [-0.39, 0.29) is 27.6 Å². The van der Waals surface area contributed by atoms with Gasteiger partial charge in [0.2, 0.25) is 0 Å². The number of carbonyl (C=O) groups excluding carboxylic acids is 1. The second kappa shape index (κ2) is 12.8. The molecule has 4 aromatic carbocycles. The largest absolute Gasteiger partial charge is 0.400 e. The number of anilines is 1. The Bertz CT molecular complexity index is 1650. The zero-order valence-electron chi connectivity index (χ0n) is 23.6. The number of aromatic nitrogens is 1. The molecule has 0 aliphatic rings. The molecular weight excluding hydrogens is 583 g/mol. The van der Waals surface area contributed by atoms with Crippen molar-refractivity contribution < 1.29 is 14.3 Å². The van der Waals surface area contributed by atoms with Gasteiger partial charge in [0.05, 0.1) is 39.5 Å². The zero-order valence-corrected chi connectivity index (χ0v) is 26.1. The minimum atomic E-state index is -1.70. The summed E-state index contributed by atoms with van der Waals surface area (Å²) in [5, 5.41) is 17.0. The summed E-state index contributed by atoms with van der Waals surface area (Å²) in [5.74, 6) is -0.435. The lowest BCUT2D eigenvalue weighted by Gasteiger charge is -2.36. The molecular formula is C34H31Cl2N2O3Si. The second-order valence-electron chi connectivity index (χ2n) is 11.0. The highest BCUT2D eigenvalue weighted by Crippen LogP contribution is 2.42. The number of hydrogen-bond acceptors (Lipinski definition) is 4. The Hall–Kier alpha value is -3.52. The first-order chi connectivity index (χ1) is 20.2. The quantitative estimate of drug-likeness (QED) is 0.182. The molecule has 0 saturated heterocycles. The fraction of sp³-hybridized carbons (Fsp3) is 0.176. The number of nitrogens with one attached hydrogen (secondary N) is 1. The van der Waals surface area contributed by atoms with Gasteiger partial charge in [-0.2, -0.15) is 0 Å². The number of halogens is 2. The minimum absolute atomic E-state index is 0.193. The Morgan fingerprint density at radius 3 is 2.00 bits per heavy atom. The van der Waals surface area contributed by atoms with E-state index in [1.165, 1.54) is 0 Å². The first-order valence-corrected chi connectivity index (χ1v) is 15.8. The number of fused-ring (bicyclic) bond motifs is 1. The number of aliphatic hydroxyl groups is 1. The molecule has 1 amide bonds. The van der Waals surface area contributed by atoms with E-state index >= 15 is 0 Å². The van der Waals surface area contributed by atoms with Crippen LogP contribution in [0.15, 0.2) is 103 Å². The van der Waals surface area contributed by atoms with E-state index in [1.807, 2.05) is 48.5 Å². The number of rotatable bonds is 8. The maximum Gasteiger partial charge on any atom is 0.283 e. The van der Waals surface area contributed by atoms with Crippen molar-refractivity contribution in [2.24, 2.45) is 5.41 Å². The smallest absolute Gasteiger partial charge is 0.283 e. The van der Waals surface area contributed by atoms with Crippen LogP contribution in [-0.4, -0.2) is 25.0 Å². The van der Waals surface area contributed by atoms with Gasteiger partial charge in [-0.25, -0.2) is 0 Å². The first-order valence-electron chi connectivity index (χ1n) is 13.6. The fourth-order valence-corrected chi connectivity index (χ4v) is 7.86. The number of pyridine rings is 1. The van der Waals surface area contributed by atoms with Crippen molar-refractivity contribution in [2.75, 3.05) is 5.32 Å². The molecule has 1 heterocycles. The summed E-state index contributed by atoms with van der Waals surface area (Å²) < 4.78 is 7.19. The van der Waals surface area contributed by atoms with Gasteiger partial charge in [0.1, 0.15) is 0 Å². The van der Waals surface area contributed by atoms with Crippen molar-refractivity contribution in [3.63, 3.8) is 0 Å². The van der Waals surface area contributed by atoms with Crippen molar-refractivity contribution in [1.82, 2.24) is 4.98 Å². The Balaban J connectivity index is 1.64. The van der Waals surface area contributed by atoms with Crippen molar-refractivity contribution >= 4 is 65.1 Å². The molecule has 5 nitrogen and oxygen atoms in total. The summed E-state index contributed by atoms with van der Waals surface area (Å²) in [6.45, 7) is 6.18. The van der Waals surface area contributed by atoms with E-state index in [9.17, 15) is 9.90 Å². The van der Waals surface area contributed by atoms with E-state index in [1.54, 1.807) is 30.5 Å². The highest BCUT2D eigenvalue weighted by Gasteiger charge is 2.35. The third-order valence-corrected chi connectivity index (χ3v) is 9.80. The van der Waals surface area contributed by atoms with Gasteiger partial charge in [-0.15, -0.1) is 0 Å². The summed E-state index contributed by atoms with van der Waals surface area (Å²) in [5.41, 5.74) is 2.43. The number of carbonyl (C=O) groups is 1. The molecule has 0 aliphatic carbocycles. The van der Waals surface area contributed by atoms with Crippen LogP contribution in [0.2, 0.25) is 10.0 Å². The average Bonchev–Trinajstić information content (AvgIpc) is 2.98. The summed E-state index contributed by atoms with van der Waals surface area (Å²) in [4.78, 5) is 18.0. The fourth-order valence-electron chi connectivity index (χ4n) is 4.99. The SMILES string of the molecule is CC(C)(C)C(O[Si](c1ccccc1)c1ccccc1)c1c(CO)cnc2c(NC(=O)c3c(Cl)cccc3Cl)cccc12. The van der Waals surface area contributed by atoms with E-state index < -0.39 is 21.1 Å². The molecule has 2 N–H and O–H groups in total. The molecule has 0 fully saturated rings. The molecule has 1 aromatic heterocycles. The van der Waals surface area contributed by atoms with Crippen LogP contribution in [0.1, 0.15) is 48.4 Å². The van der Waals surface area contributed by atoms with Crippen molar-refractivity contribution in [3.8, 4) is 0 Å². The van der Waals surface area contributed by atoms with Crippen LogP contribution in [0, 0.1) is 5.41 Å². The number of amides is 1. The Morgan fingerprint density at radius 2 is 1.45 bits per heavy atom. The number of benzene rings is 4. The van der Waals surface area contributed by atoms with Crippen LogP contribution in [-0.2, 0) is 11.0 Å². The van der Waals surface area contributed by atoms with Crippen LogP contribution in [0.3, 0.4) is 0 Å². The highest BCUT2D eigenvalue weighted by atomic mass is 35.5. The number of nitrogens with zero attached hydrogens (tertiary/aromatic N) is 1. The topological polar surface area (TPSA) is 71.5 Å². The third kappa shape index (κ3) is 6.28. The van der Waals surface area contributed by atoms with Crippen LogP contribution >= 0.6 is 23.2 Å². The Kier molecular flexibility index (Phi) is 9.11. The summed E-state index contributed by atoms with van der Waals surface area (Å²) in [6, 6.07) is 31.1. The predicted molar refractivity (Wildman–Crippen MR) is 173 cm³/mol. The molecule has 0 aliphatic heterocycles. The predicted octanol–water partition coefficient (Wildman–Crippen LogP) is 7.20. The molecule has 8 heteroatoms. The van der Waals surface area contributed by atoms with E-state index in [0.29, 0.717) is 16.8 Å². The molecule has 0 saturated carbocycles. The number of hydrogen-bond donors (Lipinski definition) is 2. The molecule has 1 radical (unpaired) electrons. The molecule has 213 valence electrons. The van der Waals surface area contributed by atoms with Gasteiger partial charge in [-0.3, -0.25) is 9.78 Å². The average molecular weight is 615 g/mol. The van der Waals surface area contributed by atoms with Crippen LogP contribution in [0.5, 0.6) is 0 Å². The third-order valence-electron chi connectivity index (χ3n) is 6.99. The van der Waals surface area contributed by atoms with Gasteiger partial charge >= 0.3 is 0 Å². The maximum absolute atomic E-state index is 13.3. The lowest BCUT2D eigenvalue weighted by atomic mass is 9.82. The van der Waals surface area contributed by atoms with Crippen LogP contribution in [0.25, 0.3) is 10.9 Å². The van der Waals surface area contributed by atoms with Gasteiger partial charge in [-0.05, 0) is 39.6 Å². The standard InChI is InChI=1S/C34H31Cl2N2O3Si/c1-34(2,3)32(41-42(23-12-6-4-7-13-23)24-14-8-5-9-15-24)29-22(21-39)20-37-31-25(29)16-10-19-28(31)38-33(40)30-26(35)17-11-18-27(30)36/h4-20,32,39H,21H2,1-3H3,(H,38,40). The van der Waals surface area contributed by atoms with E-state index in [4.69, 9.17) is 27.6 Å². The van der Waals surface area contributed by atoms with Crippen molar-refractivity contribution in [2.45, 2.75) is 33.5 Å². The minimum Gasteiger partial charge on any atom is -0.400 e. The molecule has 1 unspecified atom stereocenters. The Labute approximate surface area is 257 Å². The van der Waals surface area contributed by atoms with Crippen LogP contribution < -0.4 is 15.7 Å². The number of para-hydroxylation sites is 1. The van der Waals surface area contributed by atoms with Gasteiger partial charge in [0, 0.05) is 17.1 Å². The van der Waals surface area contributed by atoms with E-state index in [0.717, 1.165) is 21.3 Å².